The van der Waals surface area contributed by atoms with Crippen molar-refractivity contribution in [3.05, 3.63) is 64.6 Å². The molecule has 0 saturated heterocycles. The lowest BCUT2D eigenvalue weighted by atomic mass is 9.85. The number of fused-ring (bicyclic) bond motifs is 1. The fraction of sp³-hybridized carbons (Fsp3) is 0.391. The summed E-state index contributed by atoms with van der Waals surface area (Å²) in [5.41, 5.74) is 0.548. The van der Waals surface area contributed by atoms with E-state index >= 15 is 4.39 Å². The lowest BCUT2D eigenvalue weighted by Crippen LogP contribution is -2.28. The predicted molar refractivity (Wildman–Crippen MR) is 117 cm³/mol. The summed E-state index contributed by atoms with van der Waals surface area (Å²) in [6, 6.07) is 7.00. The molecule has 0 bridgehead atoms. The highest BCUT2D eigenvalue weighted by Gasteiger charge is 2.33. The van der Waals surface area contributed by atoms with Gasteiger partial charge in [0.2, 0.25) is 0 Å². The van der Waals surface area contributed by atoms with Crippen LogP contribution in [-0.4, -0.2) is 35.2 Å². The second-order valence-electron chi connectivity index (χ2n) is 8.77. The summed E-state index contributed by atoms with van der Waals surface area (Å²) >= 11 is 0. The number of hydrogen-bond acceptors (Lipinski definition) is 4. The zero-order valence-corrected chi connectivity index (χ0v) is 17.9. The molecular weight excluding hydrogens is 414 g/mol. The quantitative estimate of drug-likeness (QED) is 0.511. The summed E-state index contributed by atoms with van der Waals surface area (Å²) in [5, 5.41) is 8.82. The van der Waals surface area contributed by atoms with E-state index in [0.29, 0.717) is 47.8 Å². The third-order valence-electron chi connectivity index (χ3n) is 6.32. The topological polar surface area (TPSA) is 81.4 Å². The van der Waals surface area contributed by atoms with Gasteiger partial charge in [0.15, 0.2) is 17.6 Å². The van der Waals surface area contributed by atoms with E-state index in [2.05, 4.69) is 20.2 Å². The van der Waals surface area contributed by atoms with Gasteiger partial charge in [0.1, 0.15) is 11.1 Å². The largest absolute Gasteiger partial charge is 0.307 e. The number of aromatic nitrogens is 6. The minimum atomic E-state index is -1.65. The van der Waals surface area contributed by atoms with Gasteiger partial charge in [0.05, 0.1) is 18.4 Å². The van der Waals surface area contributed by atoms with Gasteiger partial charge in [-0.25, -0.2) is 18.4 Å². The zero-order valence-electron chi connectivity index (χ0n) is 17.9. The molecule has 1 unspecified atom stereocenters. The van der Waals surface area contributed by atoms with E-state index in [1.165, 1.54) is 6.20 Å². The summed E-state index contributed by atoms with van der Waals surface area (Å²) in [7, 11) is 1.80. The summed E-state index contributed by atoms with van der Waals surface area (Å²) in [4.78, 5) is 19.8. The summed E-state index contributed by atoms with van der Waals surface area (Å²) in [6.07, 6.45) is 5.30. The molecule has 5 rings (SSSR count). The smallest absolute Gasteiger partial charge is 0.262 e. The Labute approximate surface area is 183 Å². The summed E-state index contributed by atoms with van der Waals surface area (Å²) < 4.78 is 33.3. The number of nitrogens with one attached hydrogen (secondary N) is 1. The molecule has 0 radical (unpaired) electrons. The minimum absolute atomic E-state index is 0.0702. The highest BCUT2D eigenvalue weighted by atomic mass is 19.1. The Morgan fingerprint density at radius 2 is 1.94 bits per heavy atom. The van der Waals surface area contributed by atoms with Crippen molar-refractivity contribution < 1.29 is 8.78 Å². The molecule has 3 heterocycles. The molecule has 1 atom stereocenters. The van der Waals surface area contributed by atoms with E-state index in [4.69, 9.17) is 0 Å². The van der Waals surface area contributed by atoms with Gasteiger partial charge in [-0.3, -0.25) is 9.48 Å². The monoisotopic (exact) mass is 438 g/mol. The van der Waals surface area contributed by atoms with Crippen LogP contribution in [-0.2, 0) is 7.05 Å². The number of halogens is 2. The first-order chi connectivity index (χ1) is 15.3. The fourth-order valence-electron chi connectivity index (χ4n) is 4.48. The van der Waals surface area contributed by atoms with Gasteiger partial charge in [0.25, 0.3) is 5.56 Å². The van der Waals surface area contributed by atoms with E-state index < -0.39 is 17.4 Å². The van der Waals surface area contributed by atoms with Crippen LogP contribution < -0.4 is 5.56 Å². The molecule has 1 saturated carbocycles. The average molecular weight is 438 g/mol. The molecule has 0 spiro atoms. The van der Waals surface area contributed by atoms with E-state index in [1.54, 1.807) is 41.7 Å². The molecule has 32 heavy (non-hydrogen) atoms. The molecule has 0 amide bonds. The van der Waals surface area contributed by atoms with Gasteiger partial charge in [-0.15, -0.1) is 0 Å². The van der Waals surface area contributed by atoms with E-state index in [0.717, 1.165) is 5.56 Å². The maximum atomic E-state index is 15.8. The highest BCUT2D eigenvalue weighted by molar-refractivity contribution is 5.73. The van der Waals surface area contributed by atoms with Crippen molar-refractivity contribution in [1.29, 1.82) is 0 Å². The zero-order chi connectivity index (χ0) is 22.5. The molecule has 1 fully saturated rings. The van der Waals surface area contributed by atoms with Crippen molar-refractivity contribution in [2.24, 2.45) is 7.05 Å². The Kier molecular flexibility index (Phi) is 4.91. The molecule has 166 valence electrons. The molecular formula is C23H24F2N6O. The molecule has 1 aliphatic carbocycles. The fourth-order valence-corrected chi connectivity index (χ4v) is 4.48. The Morgan fingerprint density at radius 1 is 1.19 bits per heavy atom. The third kappa shape index (κ3) is 3.61. The van der Waals surface area contributed by atoms with Gasteiger partial charge in [0, 0.05) is 24.4 Å². The molecule has 4 aromatic rings. The molecule has 1 aliphatic rings. The van der Waals surface area contributed by atoms with Gasteiger partial charge in [-0.05, 0) is 38.2 Å². The molecule has 1 N–H and O–H groups in total. The van der Waals surface area contributed by atoms with Crippen LogP contribution in [0, 0.1) is 0 Å². The molecule has 9 heteroatoms. The predicted octanol–water partition coefficient (Wildman–Crippen LogP) is 4.42. The molecule has 0 aliphatic heterocycles. The Balaban J connectivity index is 1.55. The normalized spacial score (nSPS) is 22.3. The Hall–Kier alpha value is -3.36. The van der Waals surface area contributed by atoms with Crippen molar-refractivity contribution in [2.45, 2.75) is 50.5 Å². The van der Waals surface area contributed by atoms with Crippen LogP contribution in [0.1, 0.15) is 56.2 Å². The average Bonchev–Trinajstić information content (AvgIpc) is 3.40. The van der Waals surface area contributed by atoms with Crippen LogP contribution >= 0.6 is 0 Å². The standard InChI is InChI=1S/C23H24F2N6O/c1-23(25)9-7-15(8-10-23)31-21-18(12-27-31)22(32)29-20(28-21)19(24)17-6-4-3-5-16(17)14-11-26-30(2)13-14/h3-6,11-13,15,19H,7-10H2,1-2H3,(H,28,29,32). The number of hydrogen-bond donors (Lipinski definition) is 1. The first-order valence-electron chi connectivity index (χ1n) is 10.7. The lowest BCUT2D eigenvalue weighted by molar-refractivity contribution is 0.103. The number of nitrogens with zero attached hydrogens (tertiary/aromatic N) is 5. The van der Waals surface area contributed by atoms with Crippen LogP contribution in [0.4, 0.5) is 8.78 Å². The van der Waals surface area contributed by atoms with Crippen molar-refractivity contribution in [2.75, 3.05) is 0 Å². The second-order valence-corrected chi connectivity index (χ2v) is 8.77. The van der Waals surface area contributed by atoms with Crippen LogP contribution in [0.3, 0.4) is 0 Å². The van der Waals surface area contributed by atoms with Crippen LogP contribution in [0.15, 0.2) is 47.7 Å². The van der Waals surface area contributed by atoms with Crippen molar-refractivity contribution in [1.82, 2.24) is 29.5 Å². The number of H-pyrrole nitrogens is 1. The van der Waals surface area contributed by atoms with Crippen molar-refractivity contribution in [3.63, 3.8) is 0 Å². The highest BCUT2D eigenvalue weighted by Crippen LogP contribution is 2.38. The third-order valence-corrected chi connectivity index (χ3v) is 6.32. The van der Waals surface area contributed by atoms with Gasteiger partial charge >= 0.3 is 0 Å². The molecule has 7 nitrogen and oxygen atoms in total. The maximum absolute atomic E-state index is 15.8. The van der Waals surface area contributed by atoms with Gasteiger partial charge in [-0.1, -0.05) is 24.3 Å². The maximum Gasteiger partial charge on any atom is 0.262 e. The number of rotatable bonds is 4. The minimum Gasteiger partial charge on any atom is -0.307 e. The van der Waals surface area contributed by atoms with Crippen molar-refractivity contribution >= 4 is 11.0 Å². The number of aryl methyl sites for hydroxylation is 1. The summed E-state index contributed by atoms with van der Waals surface area (Å²) in [6.45, 7) is 1.61. The Morgan fingerprint density at radius 3 is 2.66 bits per heavy atom. The lowest BCUT2D eigenvalue weighted by Gasteiger charge is -2.31. The number of benzene rings is 1. The van der Waals surface area contributed by atoms with Crippen LogP contribution in [0.25, 0.3) is 22.2 Å². The molecule has 3 aromatic heterocycles. The number of alkyl halides is 2. The summed E-state index contributed by atoms with van der Waals surface area (Å²) in [5.74, 6) is -0.0771. The molecule has 1 aromatic carbocycles. The first kappa shape index (κ1) is 20.5. The Bertz CT molecular complexity index is 1330. The second kappa shape index (κ2) is 7.65. The first-order valence-corrected chi connectivity index (χ1v) is 10.7. The van der Waals surface area contributed by atoms with Crippen molar-refractivity contribution in [3.8, 4) is 11.1 Å². The van der Waals surface area contributed by atoms with Crippen LogP contribution in [0.2, 0.25) is 0 Å². The van der Waals surface area contributed by atoms with E-state index in [1.807, 2.05) is 18.3 Å². The van der Waals surface area contributed by atoms with Gasteiger partial charge in [-0.2, -0.15) is 10.2 Å². The number of aromatic amines is 1. The van der Waals surface area contributed by atoms with Crippen LogP contribution in [0.5, 0.6) is 0 Å². The SMILES string of the molecule is Cn1cc(-c2ccccc2C(F)c2nc3c(cnn3C3CCC(C)(F)CC3)c(=O)[nH]2)cn1. The van der Waals surface area contributed by atoms with E-state index in [9.17, 15) is 9.18 Å². The van der Waals surface area contributed by atoms with Gasteiger partial charge < -0.3 is 4.98 Å². The van der Waals surface area contributed by atoms with E-state index in [-0.39, 0.29) is 11.9 Å².